The molecule has 34 heavy (non-hydrogen) atoms. The van der Waals surface area contributed by atoms with Gasteiger partial charge in [-0.3, -0.25) is 14.4 Å². The van der Waals surface area contributed by atoms with Crippen LogP contribution in [0.3, 0.4) is 0 Å². The monoisotopic (exact) mass is 513 g/mol. The fourth-order valence-electron chi connectivity index (χ4n) is 3.46. The molecule has 3 aromatic carbocycles. The molecule has 3 amide bonds. The van der Waals surface area contributed by atoms with Gasteiger partial charge >= 0.3 is 0 Å². The van der Waals surface area contributed by atoms with Crippen molar-refractivity contribution in [2.24, 2.45) is 0 Å². The standard InChI is InChI=1S/C25H18Cl3N3O3/c26-17-12-18(27)14-20(13-17)31-24(33)21(28)22(25(31)34)30-19-8-4-7-16(11-19)23(32)29-10-9-15-5-2-1-3-6-15/h1-8,11-14,30H,9-10H2,(H,29,32). The second kappa shape index (κ2) is 10.3. The van der Waals surface area contributed by atoms with E-state index in [4.69, 9.17) is 34.8 Å². The number of amides is 3. The van der Waals surface area contributed by atoms with Crippen molar-refractivity contribution in [3.05, 3.63) is 105 Å². The topological polar surface area (TPSA) is 78.5 Å². The molecular formula is C25H18Cl3N3O3. The molecule has 4 rings (SSSR count). The third-order valence-electron chi connectivity index (χ3n) is 5.07. The van der Waals surface area contributed by atoms with Gasteiger partial charge in [-0.2, -0.15) is 0 Å². The maximum atomic E-state index is 13.0. The molecule has 3 aromatic rings. The highest BCUT2D eigenvalue weighted by Gasteiger charge is 2.39. The lowest BCUT2D eigenvalue weighted by Crippen LogP contribution is -2.32. The maximum absolute atomic E-state index is 13.0. The van der Waals surface area contributed by atoms with Crippen LogP contribution in [0.5, 0.6) is 0 Å². The van der Waals surface area contributed by atoms with Crippen molar-refractivity contribution in [2.45, 2.75) is 6.42 Å². The highest BCUT2D eigenvalue weighted by atomic mass is 35.5. The molecule has 0 fully saturated rings. The first-order valence-corrected chi connectivity index (χ1v) is 11.4. The minimum absolute atomic E-state index is 0.107. The van der Waals surface area contributed by atoms with E-state index in [1.165, 1.54) is 18.2 Å². The number of rotatable bonds is 7. The van der Waals surface area contributed by atoms with E-state index in [0.29, 0.717) is 24.2 Å². The minimum Gasteiger partial charge on any atom is -0.352 e. The number of carbonyl (C=O) groups excluding carboxylic acids is 3. The van der Waals surface area contributed by atoms with Crippen LogP contribution in [0.4, 0.5) is 11.4 Å². The van der Waals surface area contributed by atoms with E-state index in [-0.39, 0.29) is 32.4 Å². The zero-order valence-corrected chi connectivity index (χ0v) is 19.9. The Labute approximate surface area is 211 Å². The average Bonchev–Trinajstić information content (AvgIpc) is 3.02. The largest absolute Gasteiger partial charge is 0.352 e. The van der Waals surface area contributed by atoms with Crippen LogP contribution in [0, 0.1) is 0 Å². The summed E-state index contributed by atoms with van der Waals surface area (Å²) in [6, 6.07) is 20.7. The molecule has 1 heterocycles. The van der Waals surface area contributed by atoms with Crippen molar-refractivity contribution < 1.29 is 14.4 Å². The number of nitrogens with zero attached hydrogens (tertiary/aromatic N) is 1. The molecule has 0 spiro atoms. The summed E-state index contributed by atoms with van der Waals surface area (Å²) in [5, 5.41) is 6.00. The van der Waals surface area contributed by atoms with E-state index in [2.05, 4.69) is 10.6 Å². The molecular weight excluding hydrogens is 497 g/mol. The second-order valence-corrected chi connectivity index (χ2v) is 8.71. The summed E-state index contributed by atoms with van der Waals surface area (Å²) >= 11 is 18.2. The Balaban J connectivity index is 1.46. The van der Waals surface area contributed by atoms with E-state index in [0.717, 1.165) is 10.5 Å². The van der Waals surface area contributed by atoms with Crippen LogP contribution in [0.2, 0.25) is 10.0 Å². The Kier molecular flexibility index (Phi) is 7.22. The van der Waals surface area contributed by atoms with Gasteiger partial charge in [0.15, 0.2) is 0 Å². The Hall–Kier alpha value is -3.32. The van der Waals surface area contributed by atoms with Crippen molar-refractivity contribution in [2.75, 3.05) is 16.8 Å². The van der Waals surface area contributed by atoms with Crippen molar-refractivity contribution in [1.82, 2.24) is 5.32 Å². The lowest BCUT2D eigenvalue weighted by atomic mass is 10.1. The molecule has 2 N–H and O–H groups in total. The normalized spacial score (nSPS) is 13.4. The maximum Gasteiger partial charge on any atom is 0.283 e. The molecule has 0 unspecified atom stereocenters. The summed E-state index contributed by atoms with van der Waals surface area (Å²) in [4.78, 5) is 39.1. The van der Waals surface area contributed by atoms with Gasteiger partial charge in [0.25, 0.3) is 17.7 Å². The highest BCUT2D eigenvalue weighted by molar-refractivity contribution is 6.53. The number of benzene rings is 3. The molecule has 0 saturated heterocycles. The molecule has 172 valence electrons. The molecule has 1 aliphatic rings. The second-order valence-electron chi connectivity index (χ2n) is 7.46. The van der Waals surface area contributed by atoms with E-state index in [1.54, 1.807) is 24.3 Å². The van der Waals surface area contributed by atoms with Crippen molar-refractivity contribution in [1.29, 1.82) is 0 Å². The van der Waals surface area contributed by atoms with E-state index < -0.39 is 11.8 Å². The van der Waals surface area contributed by atoms with Crippen molar-refractivity contribution in [3.8, 4) is 0 Å². The summed E-state index contributed by atoms with van der Waals surface area (Å²) in [5.74, 6) is -1.63. The Morgan fingerprint density at radius 1 is 0.824 bits per heavy atom. The Morgan fingerprint density at radius 3 is 2.24 bits per heavy atom. The van der Waals surface area contributed by atoms with Gasteiger partial charge < -0.3 is 10.6 Å². The number of hydrogen-bond donors (Lipinski definition) is 2. The fraction of sp³-hybridized carbons (Fsp3) is 0.0800. The van der Waals surface area contributed by atoms with Crippen LogP contribution in [-0.4, -0.2) is 24.3 Å². The van der Waals surface area contributed by atoms with Crippen molar-refractivity contribution in [3.63, 3.8) is 0 Å². The van der Waals surface area contributed by atoms with E-state index in [9.17, 15) is 14.4 Å². The average molecular weight is 515 g/mol. The quantitative estimate of drug-likeness (QED) is 0.414. The van der Waals surface area contributed by atoms with Crippen molar-refractivity contribution >= 4 is 63.9 Å². The summed E-state index contributed by atoms with van der Waals surface area (Å²) in [6.45, 7) is 0.474. The van der Waals surface area contributed by atoms with Gasteiger partial charge in [-0.25, -0.2) is 4.90 Å². The Morgan fingerprint density at radius 2 is 1.53 bits per heavy atom. The third kappa shape index (κ3) is 5.25. The minimum atomic E-state index is -0.706. The molecule has 0 bridgehead atoms. The zero-order chi connectivity index (χ0) is 24.2. The molecule has 1 aliphatic heterocycles. The van der Waals surface area contributed by atoms with Gasteiger partial charge in [-0.15, -0.1) is 0 Å². The number of halogens is 3. The predicted molar refractivity (Wildman–Crippen MR) is 134 cm³/mol. The summed E-state index contributed by atoms with van der Waals surface area (Å²) < 4.78 is 0. The zero-order valence-electron chi connectivity index (χ0n) is 17.6. The van der Waals surface area contributed by atoms with Gasteiger partial charge in [0.05, 0.1) is 5.69 Å². The molecule has 6 nitrogen and oxygen atoms in total. The molecule has 9 heteroatoms. The highest BCUT2D eigenvalue weighted by Crippen LogP contribution is 2.33. The number of nitrogens with one attached hydrogen (secondary N) is 2. The van der Waals surface area contributed by atoms with E-state index >= 15 is 0 Å². The van der Waals surface area contributed by atoms with Gasteiger partial charge in [0.2, 0.25) is 0 Å². The first kappa shape index (κ1) is 23.8. The van der Waals surface area contributed by atoms with Crippen LogP contribution in [0.25, 0.3) is 0 Å². The van der Waals surface area contributed by atoms with Gasteiger partial charge in [-0.05, 0) is 48.4 Å². The number of imide groups is 1. The van der Waals surface area contributed by atoms with Crippen LogP contribution >= 0.6 is 34.8 Å². The third-order valence-corrected chi connectivity index (χ3v) is 5.86. The number of carbonyl (C=O) groups is 3. The fourth-order valence-corrected chi connectivity index (χ4v) is 4.19. The predicted octanol–water partition coefficient (Wildman–Crippen LogP) is 5.40. The molecule has 0 radical (unpaired) electrons. The molecule has 0 saturated carbocycles. The lowest BCUT2D eigenvalue weighted by Gasteiger charge is -2.16. The summed E-state index contributed by atoms with van der Waals surface area (Å²) in [5.41, 5.74) is 2.04. The van der Waals surface area contributed by atoms with Crippen LogP contribution < -0.4 is 15.5 Å². The van der Waals surface area contributed by atoms with Crippen LogP contribution in [0.1, 0.15) is 15.9 Å². The van der Waals surface area contributed by atoms with Gasteiger partial charge in [0.1, 0.15) is 10.7 Å². The first-order valence-electron chi connectivity index (χ1n) is 10.3. The van der Waals surface area contributed by atoms with Crippen LogP contribution in [0.15, 0.2) is 83.5 Å². The lowest BCUT2D eigenvalue weighted by molar-refractivity contribution is -0.120. The van der Waals surface area contributed by atoms with Gasteiger partial charge in [-0.1, -0.05) is 71.2 Å². The SMILES string of the molecule is O=C(NCCc1ccccc1)c1cccc(NC2=C(Cl)C(=O)N(c3cc(Cl)cc(Cl)c3)C2=O)c1. The smallest absolute Gasteiger partial charge is 0.283 e. The summed E-state index contributed by atoms with van der Waals surface area (Å²) in [7, 11) is 0. The summed E-state index contributed by atoms with van der Waals surface area (Å²) in [6.07, 6.45) is 0.701. The molecule has 0 aromatic heterocycles. The number of anilines is 2. The van der Waals surface area contributed by atoms with Gasteiger partial charge in [0, 0.05) is 27.8 Å². The number of hydrogen-bond acceptors (Lipinski definition) is 4. The molecule has 0 aliphatic carbocycles. The van der Waals surface area contributed by atoms with Crippen LogP contribution in [-0.2, 0) is 16.0 Å². The molecule has 0 atom stereocenters. The first-order chi connectivity index (χ1) is 16.3. The Bertz CT molecular complexity index is 1290. The van der Waals surface area contributed by atoms with E-state index in [1.807, 2.05) is 30.3 Å².